The molecule has 0 unspecified atom stereocenters. The first-order valence-electron chi connectivity index (χ1n) is 15.6. The van der Waals surface area contributed by atoms with Crippen molar-refractivity contribution in [3.05, 3.63) is 107 Å². The summed E-state index contributed by atoms with van der Waals surface area (Å²) in [6.45, 7) is 1.09. The number of hydrogen-bond donors (Lipinski definition) is 1. The van der Waals surface area contributed by atoms with E-state index in [0.29, 0.717) is 54.6 Å². The second-order valence-electron chi connectivity index (χ2n) is 11.4. The van der Waals surface area contributed by atoms with Gasteiger partial charge in [0.25, 0.3) is 11.8 Å². The molecule has 3 aromatic carbocycles. The fourth-order valence-corrected chi connectivity index (χ4v) is 5.88. The van der Waals surface area contributed by atoms with Crippen LogP contribution in [0.4, 0.5) is 0 Å². The van der Waals surface area contributed by atoms with Crippen molar-refractivity contribution in [1.82, 2.24) is 15.1 Å². The molecule has 0 saturated heterocycles. The summed E-state index contributed by atoms with van der Waals surface area (Å²) < 4.78 is 54.8. The molecular weight excluding hydrogens is 687 g/mol. The summed E-state index contributed by atoms with van der Waals surface area (Å²) in [6, 6.07) is 19.0. The minimum Gasteiger partial charge on any atom is -0.383 e. The summed E-state index contributed by atoms with van der Waals surface area (Å²) in [5.41, 5.74) is 2.02. The molecule has 1 N–H and O–H groups in total. The average molecular weight is 724 g/mol. The van der Waals surface area contributed by atoms with Crippen LogP contribution in [0, 0.1) is 0 Å². The van der Waals surface area contributed by atoms with E-state index in [1.807, 2.05) is 0 Å². The number of fused-ring (bicyclic) bond motifs is 1. The van der Waals surface area contributed by atoms with Crippen LogP contribution in [0.1, 0.15) is 51.1 Å². The zero-order valence-electron chi connectivity index (χ0n) is 27.5. The number of nitrogens with zero attached hydrogens (tertiary/aromatic N) is 2. The molecule has 1 heterocycles. The summed E-state index contributed by atoms with van der Waals surface area (Å²) in [7, 11) is -7.31. The second-order valence-corrected chi connectivity index (χ2v) is 14.5. The van der Waals surface area contributed by atoms with Crippen molar-refractivity contribution in [2.75, 3.05) is 38.7 Å². The maximum absolute atomic E-state index is 13.3. The summed E-state index contributed by atoms with van der Waals surface area (Å²) in [6.07, 6.45) is 9.26. The van der Waals surface area contributed by atoms with Crippen molar-refractivity contribution in [2.24, 2.45) is 0 Å². The van der Waals surface area contributed by atoms with E-state index in [1.54, 1.807) is 65.6 Å². The molecule has 50 heavy (non-hydrogen) atoms. The van der Waals surface area contributed by atoms with Crippen molar-refractivity contribution in [1.29, 1.82) is 0 Å². The van der Waals surface area contributed by atoms with Gasteiger partial charge >= 0.3 is 20.2 Å². The Bertz CT molecular complexity index is 1960. The number of carbonyl (C=O) groups is 4. The molecule has 0 fully saturated rings. The number of hydrogen-bond acceptors (Lipinski definition) is 10. The fraction of sp³-hybridized carbons (Fsp3) is 0.257. The Morgan fingerprint density at radius 1 is 0.700 bits per heavy atom. The predicted molar refractivity (Wildman–Crippen MR) is 187 cm³/mol. The molecule has 0 radical (unpaired) electrons. The van der Waals surface area contributed by atoms with Crippen LogP contribution in [0.5, 0.6) is 11.5 Å². The van der Waals surface area contributed by atoms with Gasteiger partial charge in [0.15, 0.2) is 0 Å². The molecule has 0 spiro atoms. The first-order valence-corrected chi connectivity index (χ1v) is 19.2. The number of benzene rings is 3. The Kier molecular flexibility index (Phi) is 12.7. The Labute approximate surface area is 291 Å². The van der Waals surface area contributed by atoms with Crippen molar-refractivity contribution in [3.8, 4) is 11.5 Å². The monoisotopic (exact) mass is 723 g/mol. The fourth-order valence-electron chi connectivity index (χ4n) is 4.96. The van der Waals surface area contributed by atoms with E-state index in [-0.39, 0.29) is 48.2 Å². The third-order valence-corrected chi connectivity index (χ3v) is 8.24. The smallest absolute Gasteiger partial charge is 0.306 e. The number of imide groups is 1. The molecule has 264 valence electrons. The first-order chi connectivity index (χ1) is 23.7. The van der Waals surface area contributed by atoms with Crippen molar-refractivity contribution in [2.45, 2.75) is 19.3 Å². The van der Waals surface area contributed by atoms with Gasteiger partial charge in [-0.25, -0.2) is 0 Å². The predicted octanol–water partition coefficient (Wildman–Crippen LogP) is 3.50. The van der Waals surface area contributed by atoms with Gasteiger partial charge in [-0.2, -0.15) is 16.8 Å². The zero-order valence-corrected chi connectivity index (χ0v) is 29.1. The number of rotatable bonds is 17. The van der Waals surface area contributed by atoms with E-state index >= 15 is 0 Å². The van der Waals surface area contributed by atoms with E-state index in [2.05, 4.69) is 5.32 Å². The molecule has 13 nitrogen and oxygen atoms in total. The lowest BCUT2D eigenvalue weighted by molar-refractivity contribution is -0.126. The van der Waals surface area contributed by atoms with Crippen LogP contribution in [0.25, 0.3) is 12.2 Å². The molecule has 0 saturated carbocycles. The number of amides is 4. The highest BCUT2D eigenvalue weighted by Gasteiger charge is 2.34. The van der Waals surface area contributed by atoms with Gasteiger partial charge in [0, 0.05) is 38.3 Å². The first kappa shape index (κ1) is 37.5. The van der Waals surface area contributed by atoms with Crippen LogP contribution in [0.3, 0.4) is 0 Å². The molecular formula is C35H37N3O10S2. The average Bonchev–Trinajstić information content (AvgIpc) is 3.30. The van der Waals surface area contributed by atoms with Crippen LogP contribution in [-0.2, 0) is 29.8 Å². The summed E-state index contributed by atoms with van der Waals surface area (Å²) >= 11 is 0. The van der Waals surface area contributed by atoms with Crippen LogP contribution < -0.4 is 13.7 Å². The lowest BCUT2D eigenvalue weighted by Gasteiger charge is -2.23. The van der Waals surface area contributed by atoms with Crippen LogP contribution in [0.2, 0.25) is 0 Å². The number of carbonyl (C=O) groups excluding carboxylic acids is 4. The molecule has 3 aromatic rings. The van der Waals surface area contributed by atoms with Gasteiger partial charge in [0.05, 0.1) is 23.6 Å². The van der Waals surface area contributed by atoms with Crippen molar-refractivity contribution >= 4 is 56.0 Å². The van der Waals surface area contributed by atoms with Gasteiger partial charge in [0.1, 0.15) is 11.5 Å². The van der Waals surface area contributed by atoms with Gasteiger partial charge in [0.2, 0.25) is 11.8 Å². The molecule has 0 atom stereocenters. The third kappa shape index (κ3) is 11.7. The van der Waals surface area contributed by atoms with E-state index < -0.39 is 20.2 Å². The molecule has 4 rings (SSSR count). The Hall–Kier alpha value is -5.28. The highest BCUT2D eigenvalue weighted by molar-refractivity contribution is 7.86. The van der Waals surface area contributed by atoms with Gasteiger partial charge in [-0.15, -0.1) is 0 Å². The molecule has 0 bridgehead atoms. The van der Waals surface area contributed by atoms with Gasteiger partial charge in [-0.3, -0.25) is 24.1 Å². The van der Waals surface area contributed by atoms with Gasteiger partial charge in [-0.1, -0.05) is 36.4 Å². The molecule has 15 heteroatoms. The number of nitrogens with one attached hydrogen (secondary N) is 1. The quantitative estimate of drug-likeness (QED) is 0.0940. The molecule has 4 amide bonds. The largest absolute Gasteiger partial charge is 0.383 e. The number of unbranched alkanes of at least 4 members (excludes halogenated alkanes) is 1. The van der Waals surface area contributed by atoms with Gasteiger partial charge in [-0.05, 0) is 78.9 Å². The molecule has 1 aliphatic rings. The van der Waals surface area contributed by atoms with Crippen LogP contribution in [0.15, 0.2) is 84.9 Å². The van der Waals surface area contributed by atoms with E-state index in [4.69, 9.17) is 8.37 Å². The lowest BCUT2D eigenvalue weighted by atomic mass is 10.1. The highest BCUT2D eigenvalue weighted by Crippen LogP contribution is 2.23. The van der Waals surface area contributed by atoms with Crippen LogP contribution >= 0.6 is 0 Å². The van der Waals surface area contributed by atoms with Crippen molar-refractivity contribution in [3.63, 3.8) is 0 Å². The minimum absolute atomic E-state index is 0.136. The summed E-state index contributed by atoms with van der Waals surface area (Å²) in [5, 5.41) is 2.79. The van der Waals surface area contributed by atoms with E-state index in [1.165, 1.54) is 41.3 Å². The maximum atomic E-state index is 13.3. The van der Waals surface area contributed by atoms with Crippen molar-refractivity contribution < 1.29 is 44.4 Å². The Morgan fingerprint density at radius 2 is 1.18 bits per heavy atom. The standard InChI is InChI=1S/C35H37N3O10S2/c1-49(43,44)47-28-16-10-26(11-17-28)14-20-32(39)36-22-5-6-23-37(24-7-25-38-34(41)30-8-3-4-9-31(30)35(38)42)33(40)21-15-27-12-18-29(19-13-27)48-50(2,45)46/h3-4,8-21H,5-7,22-25H2,1-2H3,(H,36,39)/b20-14+,21-15+. The Balaban J connectivity index is 1.30. The summed E-state index contributed by atoms with van der Waals surface area (Å²) in [5.74, 6) is -1.06. The highest BCUT2D eigenvalue weighted by atomic mass is 32.2. The topological polar surface area (TPSA) is 174 Å². The zero-order chi connectivity index (χ0) is 36.3. The van der Waals surface area contributed by atoms with Crippen LogP contribution in [-0.4, -0.2) is 89.0 Å². The second kappa shape index (κ2) is 16.9. The SMILES string of the molecule is CS(=O)(=O)Oc1ccc(/C=C/C(=O)NCCCCN(CCCN2C(=O)c3ccccc3C2=O)C(=O)/C=C/c2ccc(OS(C)(=O)=O)cc2)cc1. The normalized spacial score (nSPS) is 13.1. The van der Waals surface area contributed by atoms with E-state index in [9.17, 15) is 36.0 Å². The molecule has 0 aliphatic carbocycles. The van der Waals surface area contributed by atoms with Gasteiger partial charge < -0.3 is 18.6 Å². The third-order valence-electron chi connectivity index (χ3n) is 7.25. The summed E-state index contributed by atoms with van der Waals surface area (Å²) in [4.78, 5) is 53.9. The minimum atomic E-state index is -3.67. The lowest BCUT2D eigenvalue weighted by Crippen LogP contribution is -2.36. The van der Waals surface area contributed by atoms with E-state index in [0.717, 1.165) is 12.5 Å². The molecule has 1 aliphatic heterocycles. The maximum Gasteiger partial charge on any atom is 0.306 e. The Morgan fingerprint density at radius 3 is 1.68 bits per heavy atom. The molecule has 0 aromatic heterocycles.